The molecule has 4 aliphatic carbocycles. The quantitative estimate of drug-likeness (QED) is 0.306. The zero-order valence-corrected chi connectivity index (χ0v) is 24.5. The normalized spacial score (nSPS) is 27.1. The molecule has 7 rings (SSSR count). The Morgan fingerprint density at radius 3 is 2.33 bits per heavy atom. The van der Waals surface area contributed by atoms with Crippen LogP contribution in [0.15, 0.2) is 42.6 Å². The average Bonchev–Trinajstić information content (AvgIpc) is 3.11. The highest BCUT2D eigenvalue weighted by atomic mass is 79.9. The van der Waals surface area contributed by atoms with Gasteiger partial charge < -0.3 is 0 Å². The van der Waals surface area contributed by atoms with Gasteiger partial charge in [0.15, 0.2) is 5.82 Å². The molecular weight excluding hydrogens is 578 g/mol. The molecule has 0 radical (unpaired) electrons. The summed E-state index contributed by atoms with van der Waals surface area (Å²) in [5.74, 6) is 3.86. The number of nitrogens with zero attached hydrogens (tertiary/aromatic N) is 2. The number of aromatic nitrogens is 2. The Morgan fingerprint density at radius 1 is 1.11 bits per heavy atom. The molecule has 2 aliphatic heterocycles. The van der Waals surface area contributed by atoms with E-state index in [2.05, 4.69) is 25.6 Å². The molecule has 0 saturated heterocycles. The number of nitrogens with one attached hydrogen (secondary N) is 1. The largest absolute Gasteiger partial charge is 0.354 e. The zero-order valence-electron chi connectivity index (χ0n) is 20.4. The molecule has 192 valence electrons. The Bertz CT molecular complexity index is 1410. The second kappa shape index (κ2) is 9.13. The number of aryl methyl sites for hydroxylation is 1. The molecule has 0 unspecified atom stereocenters. The van der Waals surface area contributed by atoms with Crippen molar-refractivity contribution in [1.82, 2.24) is 9.55 Å². The van der Waals surface area contributed by atoms with E-state index in [0.29, 0.717) is 11.1 Å². The van der Waals surface area contributed by atoms with Crippen LogP contribution in [-0.4, -0.2) is 23.7 Å². The van der Waals surface area contributed by atoms with Gasteiger partial charge in [-0.2, -0.15) is 4.98 Å². The van der Waals surface area contributed by atoms with Crippen LogP contribution in [-0.2, 0) is 10.0 Å². The van der Waals surface area contributed by atoms with Crippen molar-refractivity contribution in [2.45, 2.75) is 67.9 Å². The molecule has 4 bridgehead atoms. The molecule has 2 heterocycles. The number of imidazole rings is 1. The number of fused-ring (bicyclic) bond motifs is 1. The molecule has 0 aromatic heterocycles. The molecule has 4 fully saturated rings. The van der Waals surface area contributed by atoms with Gasteiger partial charge in [0.05, 0.1) is 9.10 Å². The number of thioether (sulfide) groups is 1. The summed E-state index contributed by atoms with van der Waals surface area (Å²) in [4.78, 5) is 18.2. The summed E-state index contributed by atoms with van der Waals surface area (Å²) >= 11 is 6.71. The van der Waals surface area contributed by atoms with E-state index in [1.165, 1.54) is 57.1 Å². The summed E-state index contributed by atoms with van der Waals surface area (Å²) in [6.07, 6.45) is 9.64. The maximum Gasteiger partial charge on any atom is 0.354 e. The number of sulfonamides is 1. The molecule has 6 aliphatic rings. The Morgan fingerprint density at radius 2 is 1.72 bits per heavy atom. The van der Waals surface area contributed by atoms with Gasteiger partial charge in [-0.1, -0.05) is 15.9 Å². The first-order valence-electron chi connectivity index (χ1n) is 12.6. The lowest BCUT2D eigenvalue weighted by atomic mass is 9.49. The average molecular weight is 609 g/mol. The number of halogens is 1. The minimum absolute atomic E-state index is 0.111. The van der Waals surface area contributed by atoms with Crippen molar-refractivity contribution in [3.8, 4) is 5.69 Å². The van der Waals surface area contributed by atoms with Gasteiger partial charge >= 0.3 is 5.69 Å². The Kier molecular flexibility index (Phi) is 6.33. The molecule has 1 aromatic carbocycles. The lowest BCUT2D eigenvalue weighted by molar-refractivity contribution is -0.0538. The van der Waals surface area contributed by atoms with Gasteiger partial charge in [0, 0.05) is 15.0 Å². The molecular formula is C26H30BrN3O3S3. The minimum atomic E-state index is -3.89. The van der Waals surface area contributed by atoms with Crippen LogP contribution in [0.3, 0.4) is 0 Å². The molecule has 0 atom stereocenters. The number of anilines is 1. The van der Waals surface area contributed by atoms with Crippen molar-refractivity contribution in [3.63, 3.8) is 0 Å². The van der Waals surface area contributed by atoms with Crippen molar-refractivity contribution in [1.29, 1.82) is 0 Å². The Labute approximate surface area is 228 Å². The van der Waals surface area contributed by atoms with Crippen LogP contribution in [0.4, 0.5) is 5.82 Å². The van der Waals surface area contributed by atoms with Gasteiger partial charge in [-0.05, 0) is 112 Å². The number of rotatable bonds is 7. The van der Waals surface area contributed by atoms with Gasteiger partial charge in [0.2, 0.25) is 0 Å². The van der Waals surface area contributed by atoms with Crippen LogP contribution < -0.4 is 10.4 Å². The van der Waals surface area contributed by atoms with Crippen molar-refractivity contribution >= 4 is 54.9 Å². The monoisotopic (exact) mass is 607 g/mol. The van der Waals surface area contributed by atoms with Crippen LogP contribution in [0.2, 0.25) is 0 Å². The minimum Gasteiger partial charge on any atom is -0.261 e. The van der Waals surface area contributed by atoms with E-state index in [1.54, 1.807) is 39.8 Å². The summed E-state index contributed by atoms with van der Waals surface area (Å²) < 4.78 is 32.2. The highest BCUT2D eigenvalue weighted by Gasteiger charge is 2.50. The smallest absolute Gasteiger partial charge is 0.261 e. The van der Waals surface area contributed by atoms with E-state index in [9.17, 15) is 13.2 Å². The summed E-state index contributed by atoms with van der Waals surface area (Å²) in [6.45, 7) is 3.90. The third kappa shape index (κ3) is 4.46. The van der Waals surface area contributed by atoms with Crippen LogP contribution in [0, 0.1) is 37.0 Å². The molecule has 1 aromatic rings. The first-order valence-corrected chi connectivity index (χ1v) is 16.6. The molecule has 4 saturated carbocycles. The van der Waals surface area contributed by atoms with Gasteiger partial charge in [0.1, 0.15) is 5.69 Å². The first-order chi connectivity index (χ1) is 17.1. The van der Waals surface area contributed by atoms with E-state index in [4.69, 9.17) is 0 Å². The molecule has 36 heavy (non-hydrogen) atoms. The van der Waals surface area contributed by atoms with Crippen LogP contribution in [0.25, 0.3) is 5.69 Å². The predicted molar refractivity (Wildman–Crippen MR) is 149 cm³/mol. The van der Waals surface area contributed by atoms with Gasteiger partial charge in [-0.3, -0.25) is 9.29 Å². The van der Waals surface area contributed by atoms with Crippen molar-refractivity contribution in [2.75, 3.05) is 10.5 Å². The van der Waals surface area contributed by atoms with E-state index < -0.39 is 15.7 Å². The fraction of sp³-hybridized carbons (Fsp3) is 0.538. The Hall–Kier alpha value is -1.36. The van der Waals surface area contributed by atoms with Crippen molar-refractivity contribution in [2.24, 2.45) is 23.2 Å². The third-order valence-electron chi connectivity index (χ3n) is 8.52. The topological polar surface area (TPSA) is 81.1 Å². The second-order valence-corrected chi connectivity index (χ2v) is 16.2. The van der Waals surface area contributed by atoms with Crippen molar-refractivity contribution in [3.05, 3.63) is 49.8 Å². The van der Waals surface area contributed by atoms with E-state index in [-0.39, 0.29) is 10.7 Å². The SMILES string of the molecule is Cc1sc(SCCC23CC4CC(CC(C4)C2)C3)c2c(NS(=O)(=O)c3ccc(Br)cc3)nc(=O)n-2c1C. The summed E-state index contributed by atoms with van der Waals surface area (Å²) in [5.41, 5.74) is 1.41. The standard InChI is InChI=1S/C26H30BrN3O3S3/c1-15-16(2)35-24(34-8-7-26-12-17-9-18(13-26)11-19(10-17)14-26)22-23(28-25(31)30(15)22)29-36(32,33)21-5-3-20(27)4-6-21/h3-6,17-19H,7-14H2,1-2H3,(H,28,29,31). The summed E-state index contributed by atoms with van der Waals surface area (Å²) in [7, 11) is -3.89. The van der Waals surface area contributed by atoms with Gasteiger partial charge in [-0.15, -0.1) is 23.1 Å². The fourth-order valence-corrected chi connectivity index (χ4v) is 11.2. The lowest BCUT2D eigenvalue weighted by Crippen LogP contribution is -2.46. The first kappa shape index (κ1) is 24.9. The zero-order chi connectivity index (χ0) is 25.2. The Balaban J connectivity index is 1.29. The maximum atomic E-state index is 13.1. The van der Waals surface area contributed by atoms with E-state index >= 15 is 0 Å². The predicted octanol–water partition coefficient (Wildman–Crippen LogP) is 6.61. The fourth-order valence-electron chi connectivity index (χ4n) is 7.24. The van der Waals surface area contributed by atoms with Crippen LogP contribution >= 0.6 is 39.0 Å². The molecule has 0 amide bonds. The van der Waals surface area contributed by atoms with Crippen LogP contribution in [0.5, 0.6) is 0 Å². The molecule has 0 spiro atoms. The number of hydrogen-bond donors (Lipinski definition) is 1. The summed E-state index contributed by atoms with van der Waals surface area (Å²) in [5, 5.41) is 0. The summed E-state index contributed by atoms with van der Waals surface area (Å²) in [6, 6.07) is 6.42. The van der Waals surface area contributed by atoms with E-state index in [0.717, 1.165) is 42.8 Å². The van der Waals surface area contributed by atoms with Gasteiger partial charge in [0.25, 0.3) is 10.0 Å². The molecule has 10 heteroatoms. The van der Waals surface area contributed by atoms with Crippen LogP contribution in [0.1, 0.15) is 55.5 Å². The maximum absolute atomic E-state index is 13.1. The highest BCUT2D eigenvalue weighted by Crippen LogP contribution is 2.61. The number of hydrogen-bond acceptors (Lipinski definition) is 6. The lowest BCUT2D eigenvalue weighted by Gasteiger charge is -2.57. The molecule has 1 N–H and O–H groups in total. The van der Waals surface area contributed by atoms with Crippen molar-refractivity contribution < 1.29 is 8.42 Å². The third-order valence-corrected chi connectivity index (χ3v) is 12.8. The molecule has 6 nitrogen and oxygen atoms in total. The highest BCUT2D eigenvalue weighted by molar-refractivity contribution is 9.10. The number of benzene rings is 1. The second-order valence-electron chi connectivity index (χ2n) is 11.0. The van der Waals surface area contributed by atoms with E-state index in [1.807, 2.05) is 13.8 Å². The van der Waals surface area contributed by atoms with Gasteiger partial charge in [-0.25, -0.2) is 13.2 Å².